The average molecular weight is 281 g/mol. The predicted molar refractivity (Wildman–Crippen MR) is 74.8 cm³/mol. The van der Waals surface area contributed by atoms with Crippen LogP contribution >= 0.6 is 0 Å². The van der Waals surface area contributed by atoms with Crippen molar-refractivity contribution in [2.75, 3.05) is 26.7 Å². The van der Waals surface area contributed by atoms with Gasteiger partial charge in [0.1, 0.15) is 0 Å². The topological polar surface area (TPSA) is 85.3 Å². The molecule has 0 amide bonds. The molecule has 0 radical (unpaired) electrons. The maximum atomic E-state index is 12.4. The lowest BCUT2D eigenvalue weighted by Crippen LogP contribution is -2.42. The van der Waals surface area contributed by atoms with Crippen LogP contribution in [0.5, 0.6) is 0 Å². The summed E-state index contributed by atoms with van der Waals surface area (Å²) in [6.07, 6.45) is 1.52. The van der Waals surface area contributed by atoms with Crippen molar-refractivity contribution >= 4 is 11.2 Å². The molecular formula is C12H19N5O3. The van der Waals surface area contributed by atoms with Crippen LogP contribution in [-0.4, -0.2) is 55.4 Å². The third-order valence-electron chi connectivity index (χ3n) is 3.39. The molecule has 0 unspecified atom stereocenters. The van der Waals surface area contributed by atoms with Crippen molar-refractivity contribution in [3.8, 4) is 0 Å². The predicted octanol–water partition coefficient (Wildman–Crippen LogP) is -1.64. The van der Waals surface area contributed by atoms with Crippen molar-refractivity contribution in [2.45, 2.75) is 6.54 Å². The second-order valence-electron chi connectivity index (χ2n) is 4.85. The number of fused-ring (bicyclic) bond motifs is 1. The van der Waals surface area contributed by atoms with Gasteiger partial charge in [-0.25, -0.2) is 9.78 Å². The molecule has 2 aromatic heterocycles. The van der Waals surface area contributed by atoms with Crippen molar-refractivity contribution < 1.29 is 5.11 Å². The van der Waals surface area contributed by atoms with Crippen LogP contribution in [0.25, 0.3) is 11.2 Å². The molecule has 20 heavy (non-hydrogen) atoms. The number of imidazole rings is 1. The van der Waals surface area contributed by atoms with Crippen molar-refractivity contribution in [1.29, 1.82) is 0 Å². The fraction of sp³-hybridized carbons (Fsp3) is 0.583. The molecule has 0 aliphatic rings. The van der Waals surface area contributed by atoms with Gasteiger partial charge >= 0.3 is 5.69 Å². The molecule has 0 aliphatic carbocycles. The van der Waals surface area contributed by atoms with Crippen LogP contribution < -0.4 is 11.2 Å². The number of likely N-dealkylation sites (N-methyl/N-ethyl adjacent to an activating group) is 1. The van der Waals surface area contributed by atoms with Crippen LogP contribution in [0.2, 0.25) is 0 Å². The van der Waals surface area contributed by atoms with Crippen LogP contribution in [0.1, 0.15) is 0 Å². The van der Waals surface area contributed by atoms with Crippen LogP contribution in [0.15, 0.2) is 15.9 Å². The molecule has 2 heterocycles. The summed E-state index contributed by atoms with van der Waals surface area (Å²) in [4.78, 5) is 30.5. The maximum absolute atomic E-state index is 12.4. The zero-order valence-electron chi connectivity index (χ0n) is 11.9. The standard InChI is InChI=1S/C12H19N5O3/c1-14(6-7-18)4-5-17-11(19)9-10(13-8-15(9)2)16(3)12(17)20/h8,18H,4-7H2,1-3H3. The number of aliphatic hydroxyl groups is 1. The van der Waals surface area contributed by atoms with Crippen LogP contribution in [0.3, 0.4) is 0 Å². The molecule has 0 aromatic carbocycles. The van der Waals surface area contributed by atoms with E-state index in [9.17, 15) is 9.59 Å². The molecule has 0 bridgehead atoms. The normalized spacial score (nSPS) is 11.7. The molecule has 110 valence electrons. The van der Waals surface area contributed by atoms with E-state index in [-0.39, 0.29) is 24.4 Å². The zero-order valence-corrected chi connectivity index (χ0v) is 11.9. The number of aryl methyl sites for hydroxylation is 2. The Balaban J connectivity index is 2.46. The molecule has 0 saturated carbocycles. The fourth-order valence-corrected chi connectivity index (χ4v) is 2.15. The molecule has 8 nitrogen and oxygen atoms in total. The highest BCUT2D eigenvalue weighted by molar-refractivity contribution is 5.69. The van der Waals surface area contributed by atoms with Gasteiger partial charge in [-0.3, -0.25) is 13.9 Å². The van der Waals surface area contributed by atoms with Gasteiger partial charge < -0.3 is 14.6 Å². The minimum Gasteiger partial charge on any atom is -0.395 e. The first kappa shape index (κ1) is 14.5. The van der Waals surface area contributed by atoms with Crippen LogP contribution in [0, 0.1) is 0 Å². The minimum atomic E-state index is -0.376. The zero-order chi connectivity index (χ0) is 14.9. The van der Waals surface area contributed by atoms with E-state index in [1.54, 1.807) is 18.7 Å². The Kier molecular flexibility index (Phi) is 4.05. The first-order chi connectivity index (χ1) is 9.47. The van der Waals surface area contributed by atoms with E-state index in [1.165, 1.54) is 15.5 Å². The molecule has 1 N–H and O–H groups in total. The van der Waals surface area contributed by atoms with Gasteiger partial charge in [-0.15, -0.1) is 0 Å². The molecule has 8 heteroatoms. The summed E-state index contributed by atoms with van der Waals surface area (Å²) in [6.45, 7) is 1.34. The van der Waals surface area contributed by atoms with Crippen LogP contribution in [0.4, 0.5) is 0 Å². The lowest BCUT2D eigenvalue weighted by atomic mass is 10.4. The lowest BCUT2D eigenvalue weighted by molar-refractivity contribution is 0.216. The second kappa shape index (κ2) is 5.59. The van der Waals surface area contributed by atoms with Gasteiger partial charge in [0.15, 0.2) is 11.2 Å². The van der Waals surface area contributed by atoms with Crippen molar-refractivity contribution in [2.24, 2.45) is 14.1 Å². The summed E-state index contributed by atoms with van der Waals surface area (Å²) in [5.74, 6) is 0. The van der Waals surface area contributed by atoms with E-state index < -0.39 is 0 Å². The third kappa shape index (κ3) is 2.39. The summed E-state index contributed by atoms with van der Waals surface area (Å²) in [5.41, 5.74) is 0.0958. The first-order valence-electron chi connectivity index (χ1n) is 6.37. The molecule has 0 aliphatic heterocycles. The van der Waals surface area contributed by atoms with E-state index in [0.29, 0.717) is 24.3 Å². The highest BCUT2D eigenvalue weighted by Gasteiger charge is 2.14. The second-order valence-corrected chi connectivity index (χ2v) is 4.85. The Morgan fingerprint density at radius 2 is 2.00 bits per heavy atom. The van der Waals surface area contributed by atoms with Gasteiger partial charge in [0.05, 0.1) is 12.9 Å². The van der Waals surface area contributed by atoms with Gasteiger partial charge in [0.25, 0.3) is 5.56 Å². The highest BCUT2D eigenvalue weighted by Crippen LogP contribution is 2.02. The number of hydrogen-bond donors (Lipinski definition) is 1. The first-order valence-corrected chi connectivity index (χ1v) is 6.37. The largest absolute Gasteiger partial charge is 0.395 e. The quantitative estimate of drug-likeness (QED) is 0.710. The highest BCUT2D eigenvalue weighted by atomic mass is 16.3. The van der Waals surface area contributed by atoms with E-state index in [0.717, 1.165) is 0 Å². The van der Waals surface area contributed by atoms with E-state index in [2.05, 4.69) is 4.98 Å². The summed E-state index contributed by atoms with van der Waals surface area (Å²) >= 11 is 0. The molecule has 0 fully saturated rings. The SMILES string of the molecule is CN(CCO)CCn1c(=O)c2c(ncn2C)n(C)c1=O. The Hall–Kier alpha value is -1.93. The van der Waals surface area contributed by atoms with Gasteiger partial charge in [-0.05, 0) is 7.05 Å². The van der Waals surface area contributed by atoms with Gasteiger partial charge in [-0.2, -0.15) is 0 Å². The van der Waals surface area contributed by atoms with Gasteiger partial charge in [-0.1, -0.05) is 0 Å². The summed E-state index contributed by atoms with van der Waals surface area (Å²) in [5, 5.41) is 8.85. The van der Waals surface area contributed by atoms with Crippen molar-refractivity contribution in [3.05, 3.63) is 27.2 Å². The molecular weight excluding hydrogens is 262 g/mol. The lowest BCUT2D eigenvalue weighted by Gasteiger charge is -2.16. The maximum Gasteiger partial charge on any atom is 0.332 e. The van der Waals surface area contributed by atoms with Gasteiger partial charge in [0, 0.05) is 33.7 Å². The Bertz CT molecular complexity index is 727. The van der Waals surface area contributed by atoms with E-state index in [4.69, 9.17) is 5.11 Å². The van der Waals surface area contributed by atoms with Gasteiger partial charge in [0.2, 0.25) is 0 Å². The van der Waals surface area contributed by atoms with Crippen LogP contribution in [-0.2, 0) is 20.6 Å². The van der Waals surface area contributed by atoms with E-state index >= 15 is 0 Å². The Morgan fingerprint density at radius 3 is 2.65 bits per heavy atom. The number of aliphatic hydroxyl groups excluding tert-OH is 1. The molecule has 2 aromatic rings. The summed E-state index contributed by atoms with van der Waals surface area (Å²) < 4.78 is 4.20. The van der Waals surface area contributed by atoms with E-state index in [1.807, 2.05) is 11.9 Å². The summed E-state index contributed by atoms with van der Waals surface area (Å²) in [7, 11) is 5.16. The molecule has 0 atom stereocenters. The smallest absolute Gasteiger partial charge is 0.332 e. The average Bonchev–Trinajstić information content (AvgIpc) is 2.79. The number of nitrogens with zero attached hydrogens (tertiary/aromatic N) is 5. The molecule has 2 rings (SSSR count). The Labute approximate surface area is 115 Å². The number of hydrogen-bond acceptors (Lipinski definition) is 5. The molecule has 0 spiro atoms. The fourth-order valence-electron chi connectivity index (χ4n) is 2.15. The monoisotopic (exact) mass is 281 g/mol. The third-order valence-corrected chi connectivity index (χ3v) is 3.39. The molecule has 0 saturated heterocycles. The summed E-state index contributed by atoms with van der Waals surface area (Å²) in [6, 6.07) is 0. The van der Waals surface area contributed by atoms with Crippen molar-refractivity contribution in [3.63, 3.8) is 0 Å². The Morgan fingerprint density at radius 1 is 1.30 bits per heavy atom. The minimum absolute atomic E-state index is 0.0458. The number of aromatic nitrogens is 4. The number of rotatable bonds is 5. The van der Waals surface area contributed by atoms with Crippen molar-refractivity contribution in [1.82, 2.24) is 23.6 Å².